The Morgan fingerprint density at radius 3 is 1.98 bits per heavy atom. The molecule has 10 N–H and O–H groups in total. The summed E-state index contributed by atoms with van der Waals surface area (Å²) in [5.74, 6) is -6.20. The second-order valence-corrected chi connectivity index (χ2v) is 13.9. The standard InChI is InChI=1S/C40H49N7O7.C2HF3O2/c41-22-8-7-14-31(38(52)46-32(37(42)51)24-28-12-5-2-6-13-28)44-36(50)26-43-39(53)34-15-9-23-47(34)40(54)33(25-29-16-19-30(48)20-17-29)45-35(49)21-18-27-10-3-1-4-11-27;3-2(4,5)1(6)7/h1-6,10-13,16-21,31-34,48H,7-9,14-15,22-26,41H2,(H2,42,51)(H,43,53)(H,44,50)(H,45,49)(H,46,52);(H,6,7)/t31-,32-,33-,34-;/m0./s1. The second kappa shape index (κ2) is 24.4. The van der Waals surface area contributed by atoms with E-state index < -0.39 is 78.3 Å². The number of aromatic hydroxyl groups is 1. The molecule has 0 saturated carbocycles. The number of primary amides is 1. The fourth-order valence-electron chi connectivity index (χ4n) is 6.16. The zero-order valence-electron chi connectivity index (χ0n) is 33.1. The SMILES string of the molecule is NCCCC[C@H](NC(=O)CNC(=O)[C@@H]1CCCN1C(=O)[C@H](Cc1ccc(O)cc1)NC(=O)C=Cc1ccccc1)C(=O)N[C@@H](Cc1ccccc1)C(N)=O.O=C(O)C(F)(F)F. The number of carboxylic acid groups (broad SMARTS) is 1. The molecule has 1 fully saturated rings. The summed E-state index contributed by atoms with van der Waals surface area (Å²) in [6.45, 7) is 0.175. The quantitative estimate of drug-likeness (QED) is 0.0639. The Morgan fingerprint density at radius 1 is 0.803 bits per heavy atom. The molecule has 1 saturated heterocycles. The number of phenols is 1. The van der Waals surface area contributed by atoms with Gasteiger partial charge < -0.3 is 47.8 Å². The first-order chi connectivity index (χ1) is 29.0. The van der Waals surface area contributed by atoms with Gasteiger partial charge >= 0.3 is 12.1 Å². The average molecular weight is 854 g/mol. The van der Waals surface area contributed by atoms with Gasteiger partial charge in [-0.1, -0.05) is 72.8 Å². The number of nitrogens with zero attached hydrogens (tertiary/aromatic N) is 1. The van der Waals surface area contributed by atoms with E-state index in [-0.39, 0.29) is 31.6 Å². The van der Waals surface area contributed by atoms with Crippen LogP contribution < -0.4 is 32.7 Å². The van der Waals surface area contributed by atoms with Crippen LogP contribution in [0.4, 0.5) is 13.2 Å². The minimum Gasteiger partial charge on any atom is -0.508 e. The van der Waals surface area contributed by atoms with Gasteiger partial charge in [-0.25, -0.2) is 4.79 Å². The molecule has 0 bridgehead atoms. The Kier molecular flexibility index (Phi) is 19.4. The zero-order valence-corrected chi connectivity index (χ0v) is 33.1. The molecule has 3 aromatic carbocycles. The molecule has 0 unspecified atom stereocenters. The molecule has 4 atom stereocenters. The van der Waals surface area contributed by atoms with Gasteiger partial charge in [-0.15, -0.1) is 0 Å². The van der Waals surface area contributed by atoms with Crippen molar-refractivity contribution in [1.82, 2.24) is 26.2 Å². The second-order valence-electron chi connectivity index (χ2n) is 13.9. The number of alkyl halides is 3. The number of hydrogen-bond acceptors (Lipinski definition) is 9. The molecule has 0 aliphatic carbocycles. The van der Waals surface area contributed by atoms with Gasteiger partial charge in [0.15, 0.2) is 0 Å². The van der Waals surface area contributed by atoms with Crippen molar-refractivity contribution in [3.05, 3.63) is 108 Å². The third-order valence-electron chi connectivity index (χ3n) is 9.26. The number of amides is 6. The highest BCUT2D eigenvalue weighted by atomic mass is 19.4. The maximum Gasteiger partial charge on any atom is 0.490 e. The number of likely N-dealkylation sites (tertiary alicyclic amines) is 1. The van der Waals surface area contributed by atoms with Crippen LogP contribution >= 0.6 is 0 Å². The van der Waals surface area contributed by atoms with Gasteiger partial charge in [0.1, 0.15) is 29.9 Å². The van der Waals surface area contributed by atoms with E-state index >= 15 is 0 Å². The molecule has 16 nitrogen and oxygen atoms in total. The Hall–Kier alpha value is -6.76. The summed E-state index contributed by atoms with van der Waals surface area (Å²) in [5, 5.41) is 27.5. The Balaban J connectivity index is 0.00000130. The summed E-state index contributed by atoms with van der Waals surface area (Å²) < 4.78 is 31.7. The normalized spacial score (nSPS) is 15.0. The Labute approximate surface area is 349 Å². The molecular weight excluding hydrogens is 803 g/mol. The van der Waals surface area contributed by atoms with E-state index in [1.165, 1.54) is 23.1 Å². The van der Waals surface area contributed by atoms with Gasteiger partial charge in [0, 0.05) is 25.5 Å². The van der Waals surface area contributed by atoms with Crippen LogP contribution in [0.15, 0.2) is 91.0 Å². The third-order valence-corrected chi connectivity index (χ3v) is 9.26. The molecule has 0 aromatic heterocycles. The van der Waals surface area contributed by atoms with Gasteiger partial charge in [-0.3, -0.25) is 28.8 Å². The van der Waals surface area contributed by atoms with Crippen LogP contribution in [-0.4, -0.2) is 107 Å². The van der Waals surface area contributed by atoms with Crippen LogP contribution in [0, 0.1) is 0 Å². The molecule has 1 heterocycles. The van der Waals surface area contributed by atoms with E-state index in [2.05, 4.69) is 21.3 Å². The van der Waals surface area contributed by atoms with Crippen molar-refractivity contribution in [2.75, 3.05) is 19.6 Å². The number of hydrogen-bond donors (Lipinski definition) is 8. The van der Waals surface area contributed by atoms with Crippen LogP contribution in [0.3, 0.4) is 0 Å². The molecule has 6 amide bonds. The topological polar surface area (TPSA) is 263 Å². The molecule has 3 aromatic rings. The smallest absolute Gasteiger partial charge is 0.490 e. The lowest BCUT2D eigenvalue weighted by atomic mass is 10.0. The summed E-state index contributed by atoms with van der Waals surface area (Å²) >= 11 is 0. The van der Waals surface area contributed by atoms with E-state index in [1.807, 2.05) is 36.4 Å². The van der Waals surface area contributed by atoms with Crippen molar-refractivity contribution < 1.29 is 56.9 Å². The number of benzene rings is 3. The van der Waals surface area contributed by atoms with E-state index in [9.17, 15) is 47.0 Å². The van der Waals surface area contributed by atoms with Gasteiger partial charge in [0.2, 0.25) is 35.4 Å². The largest absolute Gasteiger partial charge is 0.508 e. The summed E-state index contributed by atoms with van der Waals surface area (Å²) in [4.78, 5) is 89.3. The number of nitrogens with two attached hydrogens (primary N) is 2. The van der Waals surface area contributed by atoms with Crippen molar-refractivity contribution in [2.45, 2.75) is 75.3 Å². The molecule has 4 rings (SSSR count). The van der Waals surface area contributed by atoms with E-state index in [4.69, 9.17) is 21.4 Å². The highest BCUT2D eigenvalue weighted by molar-refractivity contribution is 5.98. The van der Waals surface area contributed by atoms with Crippen LogP contribution in [0.25, 0.3) is 6.08 Å². The molecule has 1 aliphatic rings. The summed E-state index contributed by atoms with van der Waals surface area (Å²) in [6, 6.07) is 20.5. The first kappa shape index (κ1) is 48.6. The number of carbonyl (C=O) groups is 7. The van der Waals surface area contributed by atoms with Crippen LogP contribution in [0.2, 0.25) is 0 Å². The number of phenolic OH excluding ortho intramolecular Hbond substituents is 1. The number of halogens is 3. The van der Waals surface area contributed by atoms with Gasteiger partial charge in [-0.05, 0) is 73.5 Å². The van der Waals surface area contributed by atoms with Gasteiger partial charge in [-0.2, -0.15) is 13.2 Å². The minimum absolute atomic E-state index is 0.0530. The first-order valence-electron chi connectivity index (χ1n) is 19.3. The van der Waals surface area contributed by atoms with E-state index in [1.54, 1.807) is 42.5 Å². The summed E-state index contributed by atoms with van der Waals surface area (Å²) in [7, 11) is 0. The average Bonchev–Trinajstić information content (AvgIpc) is 3.73. The lowest BCUT2D eigenvalue weighted by Gasteiger charge is -2.28. The first-order valence-corrected chi connectivity index (χ1v) is 19.3. The van der Waals surface area contributed by atoms with Crippen LogP contribution in [0.5, 0.6) is 5.75 Å². The molecule has 0 radical (unpaired) electrons. The minimum atomic E-state index is -5.08. The molecule has 328 valence electrons. The summed E-state index contributed by atoms with van der Waals surface area (Å²) in [6.07, 6.45) is 0.368. The van der Waals surface area contributed by atoms with Gasteiger partial charge in [0.05, 0.1) is 6.54 Å². The molecule has 1 aliphatic heterocycles. The van der Waals surface area contributed by atoms with Gasteiger partial charge in [0.25, 0.3) is 0 Å². The number of aliphatic carboxylic acids is 1. The van der Waals surface area contributed by atoms with Crippen molar-refractivity contribution in [3.8, 4) is 5.75 Å². The number of carbonyl (C=O) groups excluding carboxylic acids is 6. The molecule has 61 heavy (non-hydrogen) atoms. The number of unbranched alkanes of at least 4 members (excludes halogenated alkanes) is 1. The highest BCUT2D eigenvalue weighted by Crippen LogP contribution is 2.21. The molecular formula is C42H50F3N7O9. The molecule has 0 spiro atoms. The predicted octanol–water partition coefficient (Wildman–Crippen LogP) is 1.70. The lowest BCUT2D eigenvalue weighted by Crippen LogP contribution is -2.56. The summed E-state index contributed by atoms with van der Waals surface area (Å²) in [5.41, 5.74) is 13.5. The third kappa shape index (κ3) is 17.2. The number of nitrogens with one attached hydrogen (secondary N) is 4. The maximum atomic E-state index is 14.0. The lowest BCUT2D eigenvalue weighted by molar-refractivity contribution is -0.192. The fraction of sp³-hybridized carbons (Fsp3) is 0.357. The van der Waals surface area contributed by atoms with E-state index in [0.29, 0.717) is 37.8 Å². The molecule has 19 heteroatoms. The van der Waals surface area contributed by atoms with Crippen molar-refractivity contribution in [1.29, 1.82) is 0 Å². The zero-order chi connectivity index (χ0) is 45.0. The number of carboxylic acids is 1. The monoisotopic (exact) mass is 853 g/mol. The number of rotatable bonds is 19. The van der Waals surface area contributed by atoms with Crippen LogP contribution in [-0.2, 0) is 46.4 Å². The predicted molar refractivity (Wildman–Crippen MR) is 217 cm³/mol. The highest BCUT2D eigenvalue weighted by Gasteiger charge is 2.39. The van der Waals surface area contributed by atoms with Crippen molar-refractivity contribution in [2.24, 2.45) is 11.5 Å². The fourth-order valence-corrected chi connectivity index (χ4v) is 6.16. The van der Waals surface area contributed by atoms with Crippen molar-refractivity contribution in [3.63, 3.8) is 0 Å². The van der Waals surface area contributed by atoms with E-state index in [0.717, 1.165) is 11.1 Å². The Morgan fingerprint density at radius 2 is 1.39 bits per heavy atom. The van der Waals surface area contributed by atoms with Crippen molar-refractivity contribution >= 4 is 47.5 Å². The Bertz CT molecular complexity index is 1970. The maximum absolute atomic E-state index is 14.0. The van der Waals surface area contributed by atoms with Crippen LogP contribution in [0.1, 0.15) is 48.8 Å².